The van der Waals surface area contributed by atoms with E-state index in [1.807, 2.05) is 0 Å². The van der Waals surface area contributed by atoms with E-state index >= 15 is 0 Å². The molecule has 1 aromatic heterocycles. The third-order valence-electron chi connectivity index (χ3n) is 1.86. The monoisotopic (exact) mass is 216 g/mol. The minimum atomic E-state index is -0.294. The first-order chi connectivity index (χ1) is 6.22. The van der Waals surface area contributed by atoms with E-state index in [-0.39, 0.29) is 16.8 Å². The molecule has 0 amide bonds. The largest absolute Gasteiger partial charge is 0.506 e. The fourth-order valence-corrected chi connectivity index (χ4v) is 2.27. The maximum atomic E-state index is 12.8. The summed E-state index contributed by atoms with van der Waals surface area (Å²) in [5.74, 6) is 0.336. The lowest BCUT2D eigenvalue weighted by Gasteiger charge is -1.99. The van der Waals surface area contributed by atoms with Crippen LogP contribution in [0.5, 0.6) is 5.75 Å². The quantitative estimate of drug-likeness (QED) is 0.724. The summed E-state index contributed by atoms with van der Waals surface area (Å²) < 4.78 is 13.4. The Labute approximate surface area is 83.4 Å². The van der Waals surface area contributed by atoms with Gasteiger partial charge in [-0.2, -0.15) is 4.39 Å². The Kier molecular flexibility index (Phi) is 2.14. The van der Waals surface area contributed by atoms with Crippen molar-refractivity contribution in [2.24, 2.45) is 0 Å². The summed E-state index contributed by atoms with van der Waals surface area (Å²) in [6.45, 7) is 0. The number of phenolic OH excluding ortho intramolecular Hbond substituents is 1. The highest BCUT2D eigenvalue weighted by Crippen LogP contribution is 2.35. The average Bonchev–Trinajstić information content (AvgIpc) is 2.47. The molecule has 13 heavy (non-hydrogen) atoms. The van der Waals surface area contributed by atoms with Crippen molar-refractivity contribution < 1.29 is 9.50 Å². The molecule has 0 unspecified atom stereocenters. The van der Waals surface area contributed by atoms with E-state index < -0.39 is 0 Å². The number of hydrogen-bond donors (Lipinski definition) is 1. The molecule has 68 valence electrons. The van der Waals surface area contributed by atoms with Crippen molar-refractivity contribution in [3.05, 3.63) is 28.9 Å². The molecule has 1 aromatic carbocycles. The van der Waals surface area contributed by atoms with Gasteiger partial charge in [0.2, 0.25) is 0 Å². The maximum Gasteiger partial charge on any atom is 0.177 e. The summed E-state index contributed by atoms with van der Waals surface area (Å²) in [6, 6.07) is 4.86. The second-order valence-electron chi connectivity index (χ2n) is 2.68. The average molecular weight is 217 g/mol. The van der Waals surface area contributed by atoms with Crippen molar-refractivity contribution in [3.63, 3.8) is 0 Å². The van der Waals surface area contributed by atoms with Crippen LogP contribution in [0.2, 0.25) is 0 Å². The first-order valence-corrected chi connectivity index (χ1v) is 5.03. The molecule has 0 saturated heterocycles. The van der Waals surface area contributed by atoms with Crippen molar-refractivity contribution >= 4 is 33.0 Å². The van der Waals surface area contributed by atoms with Crippen molar-refractivity contribution in [3.8, 4) is 5.75 Å². The van der Waals surface area contributed by atoms with E-state index in [0.717, 1.165) is 11.3 Å². The predicted molar refractivity (Wildman–Crippen MR) is 53.0 cm³/mol. The van der Waals surface area contributed by atoms with E-state index in [1.54, 1.807) is 12.1 Å². The van der Waals surface area contributed by atoms with Gasteiger partial charge in [-0.25, -0.2) is 0 Å². The first kappa shape index (κ1) is 8.78. The molecule has 0 atom stereocenters. The minimum absolute atomic E-state index is 0.0985. The summed E-state index contributed by atoms with van der Waals surface area (Å²) in [7, 11) is 0. The van der Waals surface area contributed by atoms with Crippen LogP contribution in [0.1, 0.15) is 5.56 Å². The van der Waals surface area contributed by atoms with Gasteiger partial charge in [0.1, 0.15) is 5.75 Å². The molecule has 2 rings (SSSR count). The number of hydrogen-bond acceptors (Lipinski definition) is 2. The molecular weight excluding hydrogens is 211 g/mol. The smallest absolute Gasteiger partial charge is 0.177 e. The van der Waals surface area contributed by atoms with Crippen molar-refractivity contribution in [1.82, 2.24) is 0 Å². The van der Waals surface area contributed by atoms with Gasteiger partial charge in [-0.1, -0.05) is 12.1 Å². The van der Waals surface area contributed by atoms with Crippen LogP contribution in [0.4, 0.5) is 4.39 Å². The first-order valence-electron chi connectivity index (χ1n) is 3.68. The number of phenols is 1. The normalized spacial score (nSPS) is 10.9. The van der Waals surface area contributed by atoms with Gasteiger partial charge < -0.3 is 5.11 Å². The van der Waals surface area contributed by atoms with Gasteiger partial charge in [0.05, 0.1) is 10.6 Å². The Morgan fingerprint density at radius 1 is 1.46 bits per heavy atom. The molecule has 0 aliphatic heterocycles. The van der Waals surface area contributed by atoms with Crippen LogP contribution in [0.25, 0.3) is 10.1 Å². The lowest BCUT2D eigenvalue weighted by molar-refractivity contribution is 0.478. The van der Waals surface area contributed by atoms with Crippen LogP contribution >= 0.6 is 22.9 Å². The Hall–Kier alpha value is -0.800. The molecule has 0 fully saturated rings. The Bertz CT molecular complexity index is 452. The highest BCUT2D eigenvalue weighted by Gasteiger charge is 2.08. The van der Waals surface area contributed by atoms with Gasteiger partial charge in [0.15, 0.2) is 5.13 Å². The number of aromatic hydroxyl groups is 1. The van der Waals surface area contributed by atoms with Gasteiger partial charge in [-0.15, -0.1) is 22.9 Å². The van der Waals surface area contributed by atoms with E-state index in [9.17, 15) is 9.50 Å². The Morgan fingerprint density at radius 2 is 2.23 bits per heavy atom. The third kappa shape index (κ3) is 1.38. The number of rotatable bonds is 1. The van der Waals surface area contributed by atoms with Crippen LogP contribution in [0, 0.1) is 5.13 Å². The zero-order valence-electron chi connectivity index (χ0n) is 6.55. The van der Waals surface area contributed by atoms with E-state index in [1.165, 1.54) is 6.07 Å². The van der Waals surface area contributed by atoms with Gasteiger partial charge >= 0.3 is 0 Å². The highest BCUT2D eigenvalue weighted by molar-refractivity contribution is 7.17. The van der Waals surface area contributed by atoms with E-state index in [4.69, 9.17) is 11.6 Å². The summed E-state index contributed by atoms with van der Waals surface area (Å²) in [5.41, 5.74) is 0.635. The SMILES string of the molecule is Oc1c(CCl)ccc2cc(F)sc12. The maximum absolute atomic E-state index is 12.8. The fraction of sp³-hybridized carbons (Fsp3) is 0.111. The van der Waals surface area contributed by atoms with E-state index in [2.05, 4.69) is 0 Å². The molecule has 1 heterocycles. The van der Waals surface area contributed by atoms with E-state index in [0.29, 0.717) is 15.6 Å². The summed E-state index contributed by atoms with van der Waals surface area (Å²) >= 11 is 6.52. The molecule has 4 heteroatoms. The molecular formula is C9H6ClFOS. The van der Waals surface area contributed by atoms with Crippen LogP contribution in [0.15, 0.2) is 18.2 Å². The van der Waals surface area contributed by atoms with Gasteiger partial charge in [0, 0.05) is 5.56 Å². The number of thiophene rings is 1. The van der Waals surface area contributed by atoms with Crippen molar-refractivity contribution in [2.45, 2.75) is 5.88 Å². The van der Waals surface area contributed by atoms with Gasteiger partial charge in [-0.3, -0.25) is 0 Å². The molecule has 0 spiro atoms. The predicted octanol–water partition coefficient (Wildman–Crippen LogP) is 3.48. The Morgan fingerprint density at radius 3 is 2.92 bits per heavy atom. The molecule has 0 aliphatic rings. The molecule has 0 bridgehead atoms. The number of benzene rings is 1. The summed E-state index contributed by atoms with van der Waals surface area (Å²) in [5, 5.41) is 10.0. The molecule has 0 aliphatic carbocycles. The third-order valence-corrected chi connectivity index (χ3v) is 3.09. The highest BCUT2D eigenvalue weighted by atomic mass is 35.5. The fourth-order valence-electron chi connectivity index (χ4n) is 1.21. The van der Waals surface area contributed by atoms with Crippen LogP contribution in [-0.4, -0.2) is 5.11 Å². The van der Waals surface area contributed by atoms with Gasteiger partial charge in [-0.05, 0) is 11.5 Å². The number of alkyl halides is 1. The molecule has 0 saturated carbocycles. The number of fused-ring (bicyclic) bond motifs is 1. The molecule has 2 aromatic rings. The topological polar surface area (TPSA) is 20.2 Å². The van der Waals surface area contributed by atoms with Crippen LogP contribution in [-0.2, 0) is 5.88 Å². The molecule has 1 N–H and O–H groups in total. The van der Waals surface area contributed by atoms with Crippen molar-refractivity contribution in [1.29, 1.82) is 0 Å². The summed E-state index contributed by atoms with van der Waals surface area (Å²) in [6.07, 6.45) is 0. The molecule has 0 radical (unpaired) electrons. The van der Waals surface area contributed by atoms with Crippen molar-refractivity contribution in [2.75, 3.05) is 0 Å². The molecule has 1 nitrogen and oxygen atoms in total. The zero-order chi connectivity index (χ0) is 9.42. The second-order valence-corrected chi connectivity index (χ2v) is 3.95. The Balaban J connectivity index is 2.78. The van der Waals surface area contributed by atoms with Crippen LogP contribution < -0.4 is 0 Å². The van der Waals surface area contributed by atoms with Crippen LogP contribution in [0.3, 0.4) is 0 Å². The standard InChI is InChI=1S/C9H6ClFOS/c10-4-6-2-1-5-3-7(11)13-9(5)8(6)12/h1-3,12H,4H2. The second kappa shape index (κ2) is 3.16. The lowest BCUT2D eigenvalue weighted by Crippen LogP contribution is -1.77. The van der Waals surface area contributed by atoms with Gasteiger partial charge in [0.25, 0.3) is 0 Å². The zero-order valence-corrected chi connectivity index (χ0v) is 8.12. The lowest BCUT2D eigenvalue weighted by atomic mass is 10.2. The number of halogens is 2. The summed E-state index contributed by atoms with van der Waals surface area (Å²) in [4.78, 5) is 0. The minimum Gasteiger partial charge on any atom is -0.506 e.